The van der Waals surface area contributed by atoms with E-state index in [1.54, 1.807) is 17.9 Å². The van der Waals surface area contributed by atoms with E-state index in [1.807, 2.05) is 61.6 Å². The van der Waals surface area contributed by atoms with Crippen LogP contribution in [0.15, 0.2) is 67.3 Å². The molecule has 1 atom stereocenters. The maximum atomic E-state index is 10.5. The Hall–Kier alpha value is -3.13. The van der Waals surface area contributed by atoms with Gasteiger partial charge in [-0.1, -0.05) is 43.3 Å². The van der Waals surface area contributed by atoms with Gasteiger partial charge in [0.25, 0.3) is 0 Å². The summed E-state index contributed by atoms with van der Waals surface area (Å²) in [6.07, 6.45) is 2.03. The number of aromatic nitrogens is 2. The Morgan fingerprint density at radius 3 is 2.47 bits per heavy atom. The van der Waals surface area contributed by atoms with Gasteiger partial charge in [0.2, 0.25) is 5.88 Å². The van der Waals surface area contributed by atoms with Crippen LogP contribution in [0.5, 0.6) is 17.4 Å². The quantitative estimate of drug-likeness (QED) is 0.276. The summed E-state index contributed by atoms with van der Waals surface area (Å²) in [5.41, 5.74) is 2.85. The molecule has 1 heterocycles. The fourth-order valence-electron chi connectivity index (χ4n) is 3.82. The Morgan fingerprint density at radius 1 is 1.12 bits per heavy atom. The number of methoxy groups -OCH3 is 1. The number of benzene rings is 2. The van der Waals surface area contributed by atoms with Crippen molar-refractivity contribution in [2.45, 2.75) is 26.0 Å². The number of aryl methyl sites for hydroxylation is 1. The first-order chi connectivity index (χ1) is 16.5. The van der Waals surface area contributed by atoms with Crippen molar-refractivity contribution in [3.8, 4) is 28.6 Å². The first-order valence-corrected chi connectivity index (χ1v) is 11.6. The molecule has 182 valence electrons. The number of aliphatic hydroxyl groups is 1. The van der Waals surface area contributed by atoms with Gasteiger partial charge in [-0.3, -0.25) is 4.90 Å². The van der Waals surface area contributed by atoms with Crippen LogP contribution in [-0.4, -0.2) is 59.3 Å². The molecule has 1 N–H and O–H groups in total. The molecule has 34 heavy (non-hydrogen) atoms. The average molecular weight is 466 g/mol. The molecule has 7 heteroatoms. The topological polar surface area (TPSA) is 69.0 Å². The first-order valence-electron chi connectivity index (χ1n) is 11.6. The van der Waals surface area contributed by atoms with Crippen LogP contribution in [0, 0.1) is 0 Å². The Bertz CT molecular complexity index is 1020. The van der Waals surface area contributed by atoms with Crippen molar-refractivity contribution < 1.29 is 19.3 Å². The van der Waals surface area contributed by atoms with Crippen LogP contribution in [0.2, 0.25) is 0 Å². The highest BCUT2D eigenvalue weighted by molar-refractivity contribution is 5.65. The minimum absolute atomic E-state index is 0.264. The fraction of sp³-hybridized carbons (Fsp3) is 0.370. The van der Waals surface area contributed by atoms with Gasteiger partial charge in [-0.25, -0.2) is 4.68 Å². The van der Waals surface area contributed by atoms with Crippen molar-refractivity contribution in [2.75, 3.05) is 33.4 Å². The smallest absolute Gasteiger partial charge is 0.222 e. The van der Waals surface area contributed by atoms with Gasteiger partial charge in [0.1, 0.15) is 17.2 Å². The second kappa shape index (κ2) is 12.9. The molecule has 7 nitrogen and oxygen atoms in total. The maximum absolute atomic E-state index is 10.5. The molecule has 0 radical (unpaired) electrons. The maximum Gasteiger partial charge on any atom is 0.222 e. The number of hydrogen-bond donors (Lipinski definition) is 1. The normalized spacial score (nSPS) is 12.0. The lowest BCUT2D eigenvalue weighted by Crippen LogP contribution is -2.35. The van der Waals surface area contributed by atoms with Gasteiger partial charge in [0, 0.05) is 25.7 Å². The average Bonchev–Trinajstić information content (AvgIpc) is 3.15. The second-order valence-corrected chi connectivity index (χ2v) is 8.11. The van der Waals surface area contributed by atoms with Gasteiger partial charge in [-0.05, 0) is 37.2 Å². The van der Waals surface area contributed by atoms with E-state index in [0.717, 1.165) is 35.5 Å². The summed E-state index contributed by atoms with van der Waals surface area (Å²) in [5, 5.41) is 15.3. The molecule has 0 saturated heterocycles. The summed E-state index contributed by atoms with van der Waals surface area (Å²) in [7, 11) is 3.53. The number of rotatable bonds is 14. The summed E-state index contributed by atoms with van der Waals surface area (Å²) in [6.45, 7) is 8.35. The summed E-state index contributed by atoms with van der Waals surface area (Å²) < 4.78 is 18.8. The van der Waals surface area contributed by atoms with E-state index in [4.69, 9.17) is 19.3 Å². The minimum Gasteiger partial charge on any atom is -0.497 e. The van der Waals surface area contributed by atoms with Gasteiger partial charge in [0.15, 0.2) is 0 Å². The molecule has 3 aromatic rings. The van der Waals surface area contributed by atoms with Crippen molar-refractivity contribution in [2.24, 2.45) is 7.05 Å². The highest BCUT2D eigenvalue weighted by Gasteiger charge is 2.23. The standard InChI is InChI=1S/C27H35N3O4/c1-5-16-30(18-22(31)20-33-17-6-2)19-25-26(21-10-8-7-9-11-21)28-29(3)27(25)34-24-14-12-23(32-4)13-15-24/h6-15,22,31H,2,5,16-20H2,1,3-4H3. The van der Waals surface area contributed by atoms with E-state index < -0.39 is 6.10 Å². The van der Waals surface area contributed by atoms with Gasteiger partial charge in [-0.15, -0.1) is 6.58 Å². The van der Waals surface area contributed by atoms with E-state index in [0.29, 0.717) is 31.3 Å². The lowest BCUT2D eigenvalue weighted by Gasteiger charge is -2.25. The molecule has 0 aliphatic rings. The van der Waals surface area contributed by atoms with E-state index in [2.05, 4.69) is 18.4 Å². The lowest BCUT2D eigenvalue weighted by atomic mass is 10.1. The molecule has 1 unspecified atom stereocenters. The van der Waals surface area contributed by atoms with Crippen LogP contribution in [0.1, 0.15) is 18.9 Å². The predicted octanol–water partition coefficient (Wildman–Crippen LogP) is 4.66. The zero-order chi connectivity index (χ0) is 24.3. The molecule has 0 aliphatic heterocycles. The Morgan fingerprint density at radius 2 is 1.82 bits per heavy atom. The molecule has 0 aliphatic carbocycles. The van der Waals surface area contributed by atoms with Crippen molar-refractivity contribution in [1.82, 2.24) is 14.7 Å². The number of nitrogens with zero attached hydrogens (tertiary/aromatic N) is 3. The molecule has 0 fully saturated rings. The van der Waals surface area contributed by atoms with Crippen LogP contribution in [0.3, 0.4) is 0 Å². The molecule has 2 aromatic carbocycles. The minimum atomic E-state index is -0.602. The van der Waals surface area contributed by atoms with Gasteiger partial charge in [0.05, 0.1) is 32.0 Å². The predicted molar refractivity (Wildman–Crippen MR) is 134 cm³/mol. The molecular formula is C27H35N3O4. The molecule has 0 spiro atoms. The lowest BCUT2D eigenvalue weighted by molar-refractivity contribution is 0.0245. The number of aliphatic hydroxyl groups excluding tert-OH is 1. The van der Waals surface area contributed by atoms with Gasteiger partial charge < -0.3 is 19.3 Å². The first kappa shape index (κ1) is 25.5. The van der Waals surface area contributed by atoms with Crippen LogP contribution < -0.4 is 9.47 Å². The monoisotopic (exact) mass is 465 g/mol. The third-order valence-corrected chi connectivity index (χ3v) is 5.35. The Labute approximate surface area is 202 Å². The van der Waals surface area contributed by atoms with Crippen molar-refractivity contribution in [3.05, 3.63) is 72.8 Å². The third kappa shape index (κ3) is 6.93. The zero-order valence-corrected chi connectivity index (χ0v) is 20.3. The van der Waals surface area contributed by atoms with E-state index in [9.17, 15) is 5.11 Å². The summed E-state index contributed by atoms with van der Waals surface area (Å²) in [5.74, 6) is 2.14. The van der Waals surface area contributed by atoms with E-state index in [-0.39, 0.29) is 6.61 Å². The van der Waals surface area contributed by atoms with Crippen LogP contribution >= 0.6 is 0 Å². The Kier molecular flexibility index (Phi) is 9.70. The van der Waals surface area contributed by atoms with Crippen molar-refractivity contribution >= 4 is 0 Å². The molecular weight excluding hydrogens is 430 g/mol. The number of ether oxygens (including phenoxy) is 3. The second-order valence-electron chi connectivity index (χ2n) is 8.11. The van der Waals surface area contributed by atoms with Crippen LogP contribution in [0.25, 0.3) is 11.3 Å². The molecule has 0 saturated carbocycles. The SMILES string of the molecule is C=CCOCC(O)CN(CCC)Cc1c(-c2ccccc2)nn(C)c1Oc1ccc(OC)cc1. The van der Waals surface area contributed by atoms with Gasteiger partial charge in [-0.2, -0.15) is 5.10 Å². The fourth-order valence-corrected chi connectivity index (χ4v) is 3.82. The summed E-state index contributed by atoms with van der Waals surface area (Å²) in [6, 6.07) is 17.6. The van der Waals surface area contributed by atoms with Gasteiger partial charge >= 0.3 is 0 Å². The molecule has 0 bridgehead atoms. The molecule has 1 aromatic heterocycles. The third-order valence-electron chi connectivity index (χ3n) is 5.35. The van der Waals surface area contributed by atoms with Crippen molar-refractivity contribution in [3.63, 3.8) is 0 Å². The molecule has 0 amide bonds. The van der Waals surface area contributed by atoms with E-state index >= 15 is 0 Å². The number of hydrogen-bond acceptors (Lipinski definition) is 6. The van der Waals surface area contributed by atoms with Crippen LogP contribution in [0.4, 0.5) is 0 Å². The highest BCUT2D eigenvalue weighted by Crippen LogP contribution is 2.34. The van der Waals surface area contributed by atoms with Crippen molar-refractivity contribution in [1.29, 1.82) is 0 Å². The largest absolute Gasteiger partial charge is 0.497 e. The zero-order valence-electron chi connectivity index (χ0n) is 20.3. The summed E-state index contributed by atoms with van der Waals surface area (Å²) >= 11 is 0. The highest BCUT2D eigenvalue weighted by atomic mass is 16.5. The Balaban J connectivity index is 1.91. The molecule has 3 rings (SSSR count). The summed E-state index contributed by atoms with van der Waals surface area (Å²) in [4.78, 5) is 2.21. The van der Waals surface area contributed by atoms with Crippen LogP contribution in [-0.2, 0) is 18.3 Å². The van der Waals surface area contributed by atoms with E-state index in [1.165, 1.54) is 0 Å².